The van der Waals surface area contributed by atoms with E-state index in [1.807, 2.05) is 19.1 Å². The Balaban J connectivity index is 1.09. The molecule has 10 nitrogen and oxygen atoms in total. The summed E-state index contributed by atoms with van der Waals surface area (Å²) in [4.78, 5) is 21.2. The molecule has 5 heterocycles. The number of benzene rings is 1. The molecule has 6 rings (SSSR count). The SMILES string of the molecule is Cc1cc(N2CCN(CC3CN(c4ccc(C#N)c5ncccc45)CC(C)O3)CC2)nc(NC2CNC2)n1. The Morgan fingerprint density at radius 1 is 1.11 bits per heavy atom. The summed E-state index contributed by atoms with van der Waals surface area (Å²) in [5, 5.41) is 17.3. The van der Waals surface area contributed by atoms with E-state index in [0.717, 1.165) is 93.0 Å². The quantitative estimate of drug-likeness (QED) is 0.508. The molecule has 2 aromatic heterocycles. The fourth-order valence-electron chi connectivity index (χ4n) is 5.67. The Hall–Kier alpha value is -3.52. The minimum Gasteiger partial charge on any atom is -0.370 e. The molecule has 1 aromatic carbocycles. The van der Waals surface area contributed by atoms with E-state index < -0.39 is 0 Å². The van der Waals surface area contributed by atoms with Crippen molar-refractivity contribution in [3.63, 3.8) is 0 Å². The fourth-order valence-corrected chi connectivity index (χ4v) is 5.67. The van der Waals surface area contributed by atoms with Crippen LogP contribution in [-0.4, -0.2) is 97.0 Å². The fraction of sp³-hybridized carbons (Fsp3) is 0.500. The number of anilines is 3. The van der Waals surface area contributed by atoms with E-state index in [0.29, 0.717) is 11.6 Å². The van der Waals surface area contributed by atoms with Crippen molar-refractivity contribution < 1.29 is 4.74 Å². The van der Waals surface area contributed by atoms with Crippen molar-refractivity contribution in [3.05, 3.63) is 47.8 Å². The molecule has 3 fully saturated rings. The van der Waals surface area contributed by atoms with Crippen LogP contribution in [0.4, 0.5) is 17.5 Å². The maximum absolute atomic E-state index is 9.52. The monoisotopic (exact) mass is 513 g/mol. The number of morpholine rings is 1. The number of ether oxygens (including phenoxy) is 1. The molecule has 2 unspecified atom stereocenters. The number of hydrogen-bond acceptors (Lipinski definition) is 10. The molecule has 3 aliphatic rings. The van der Waals surface area contributed by atoms with E-state index in [4.69, 9.17) is 9.72 Å². The Labute approximate surface area is 223 Å². The molecule has 10 heteroatoms. The van der Waals surface area contributed by atoms with Gasteiger partial charge in [0.1, 0.15) is 11.9 Å². The van der Waals surface area contributed by atoms with Crippen molar-refractivity contribution in [1.29, 1.82) is 5.26 Å². The summed E-state index contributed by atoms with van der Waals surface area (Å²) in [5.74, 6) is 1.73. The zero-order valence-electron chi connectivity index (χ0n) is 22.1. The second-order valence-corrected chi connectivity index (χ2v) is 10.6. The summed E-state index contributed by atoms with van der Waals surface area (Å²) in [6.07, 6.45) is 1.99. The van der Waals surface area contributed by atoms with Gasteiger partial charge in [-0.3, -0.25) is 9.88 Å². The number of nitrogens with one attached hydrogen (secondary N) is 2. The topological polar surface area (TPSA) is 105 Å². The standard InChI is InChI=1S/C28H35N9O/c1-19-12-26(34-28(32-19)33-22-14-30-15-22)36-10-8-35(9-11-36)17-23-18-37(16-20(2)38-23)25-6-5-21(13-29)27-24(25)4-3-7-31-27/h3-7,12,20,22-23,30H,8-11,14-18H2,1-2H3,(H,32,33,34). The highest BCUT2D eigenvalue weighted by atomic mass is 16.5. The van der Waals surface area contributed by atoms with Crippen LogP contribution in [0.2, 0.25) is 0 Å². The Bertz CT molecular complexity index is 1330. The Kier molecular flexibility index (Phi) is 6.98. The van der Waals surface area contributed by atoms with Crippen LogP contribution in [0.15, 0.2) is 36.5 Å². The van der Waals surface area contributed by atoms with E-state index in [1.54, 1.807) is 6.20 Å². The minimum absolute atomic E-state index is 0.112. The van der Waals surface area contributed by atoms with Crippen LogP contribution in [-0.2, 0) is 4.74 Å². The molecular weight excluding hydrogens is 478 g/mol. The number of hydrogen-bond donors (Lipinski definition) is 2. The van der Waals surface area contributed by atoms with Crippen molar-refractivity contribution >= 4 is 28.4 Å². The maximum Gasteiger partial charge on any atom is 0.225 e. The molecule has 2 N–H and O–H groups in total. The predicted molar refractivity (Wildman–Crippen MR) is 149 cm³/mol. The lowest BCUT2D eigenvalue weighted by atomic mass is 10.1. The van der Waals surface area contributed by atoms with E-state index in [-0.39, 0.29) is 12.2 Å². The lowest BCUT2D eigenvalue weighted by molar-refractivity contribution is -0.0327. The first-order valence-corrected chi connectivity index (χ1v) is 13.5. The van der Waals surface area contributed by atoms with Gasteiger partial charge < -0.3 is 25.2 Å². The van der Waals surface area contributed by atoms with E-state index in [1.165, 1.54) is 0 Å². The van der Waals surface area contributed by atoms with Crippen LogP contribution < -0.4 is 20.4 Å². The number of pyridine rings is 1. The average Bonchev–Trinajstić information content (AvgIpc) is 2.90. The van der Waals surface area contributed by atoms with Gasteiger partial charge in [-0.05, 0) is 38.1 Å². The molecular formula is C28H35N9O. The zero-order valence-corrected chi connectivity index (χ0v) is 22.1. The van der Waals surface area contributed by atoms with Gasteiger partial charge in [-0.15, -0.1) is 0 Å². The summed E-state index contributed by atoms with van der Waals surface area (Å²) < 4.78 is 6.39. The van der Waals surface area contributed by atoms with Crippen LogP contribution in [0.3, 0.4) is 0 Å². The van der Waals surface area contributed by atoms with Crippen LogP contribution in [0.1, 0.15) is 18.2 Å². The van der Waals surface area contributed by atoms with Crippen LogP contribution in [0.25, 0.3) is 10.9 Å². The van der Waals surface area contributed by atoms with Crippen LogP contribution in [0, 0.1) is 18.3 Å². The summed E-state index contributed by atoms with van der Waals surface area (Å²) >= 11 is 0. The maximum atomic E-state index is 9.52. The second-order valence-electron chi connectivity index (χ2n) is 10.6. The smallest absolute Gasteiger partial charge is 0.225 e. The lowest BCUT2D eigenvalue weighted by Gasteiger charge is -2.42. The minimum atomic E-state index is 0.112. The molecule has 38 heavy (non-hydrogen) atoms. The molecule has 3 saturated heterocycles. The molecule has 0 radical (unpaired) electrons. The highest BCUT2D eigenvalue weighted by Crippen LogP contribution is 2.30. The van der Waals surface area contributed by atoms with Crippen molar-refractivity contribution in [2.75, 3.05) is 74.0 Å². The summed E-state index contributed by atoms with van der Waals surface area (Å²) in [5.41, 5.74) is 3.49. The van der Waals surface area contributed by atoms with Crippen LogP contribution >= 0.6 is 0 Å². The first kappa shape index (κ1) is 24.8. The summed E-state index contributed by atoms with van der Waals surface area (Å²) in [7, 11) is 0. The van der Waals surface area contributed by atoms with Crippen molar-refractivity contribution in [3.8, 4) is 6.07 Å². The van der Waals surface area contributed by atoms with Gasteiger partial charge >= 0.3 is 0 Å². The van der Waals surface area contributed by atoms with Crippen molar-refractivity contribution in [2.45, 2.75) is 32.1 Å². The van der Waals surface area contributed by atoms with E-state index in [2.05, 4.69) is 66.5 Å². The molecule has 3 aromatic rings. The number of nitrogens with zero attached hydrogens (tertiary/aromatic N) is 7. The molecule has 0 spiro atoms. The average molecular weight is 514 g/mol. The van der Waals surface area contributed by atoms with Gasteiger partial charge in [0.05, 0.1) is 29.3 Å². The van der Waals surface area contributed by atoms with E-state index in [9.17, 15) is 5.26 Å². The first-order chi connectivity index (χ1) is 18.6. The van der Waals surface area contributed by atoms with Gasteiger partial charge in [0.25, 0.3) is 0 Å². The zero-order chi connectivity index (χ0) is 26.1. The second kappa shape index (κ2) is 10.7. The third-order valence-corrected chi connectivity index (χ3v) is 7.65. The Morgan fingerprint density at radius 3 is 2.71 bits per heavy atom. The Morgan fingerprint density at radius 2 is 1.95 bits per heavy atom. The summed E-state index contributed by atoms with van der Waals surface area (Å²) in [6.45, 7) is 12.4. The first-order valence-electron chi connectivity index (χ1n) is 13.5. The number of nitriles is 1. The molecule has 0 saturated carbocycles. The molecule has 3 aliphatic heterocycles. The van der Waals surface area contributed by atoms with Gasteiger partial charge in [-0.2, -0.15) is 10.2 Å². The van der Waals surface area contributed by atoms with Gasteiger partial charge in [-0.1, -0.05) is 0 Å². The number of piperazine rings is 1. The van der Waals surface area contributed by atoms with Crippen LogP contribution in [0.5, 0.6) is 0 Å². The number of aryl methyl sites for hydroxylation is 1. The van der Waals surface area contributed by atoms with Gasteiger partial charge in [0.15, 0.2) is 0 Å². The number of aromatic nitrogens is 3. The number of fused-ring (bicyclic) bond motifs is 1. The number of rotatable bonds is 6. The molecule has 0 amide bonds. The summed E-state index contributed by atoms with van der Waals surface area (Å²) in [6, 6.07) is 12.7. The highest BCUT2D eigenvalue weighted by molar-refractivity contribution is 5.95. The lowest BCUT2D eigenvalue weighted by Crippen LogP contribution is -2.54. The molecule has 0 aliphatic carbocycles. The van der Waals surface area contributed by atoms with E-state index >= 15 is 0 Å². The van der Waals surface area contributed by atoms with Gasteiger partial charge in [0.2, 0.25) is 5.95 Å². The van der Waals surface area contributed by atoms with Gasteiger partial charge in [0, 0.05) is 87.9 Å². The van der Waals surface area contributed by atoms with Gasteiger partial charge in [-0.25, -0.2) is 4.98 Å². The third-order valence-electron chi connectivity index (χ3n) is 7.65. The van der Waals surface area contributed by atoms with Crippen molar-refractivity contribution in [1.82, 2.24) is 25.2 Å². The highest BCUT2D eigenvalue weighted by Gasteiger charge is 2.30. The molecule has 0 bridgehead atoms. The predicted octanol–water partition coefficient (Wildman–Crippen LogP) is 2.00. The normalized spacial score (nSPS) is 22.8. The molecule has 198 valence electrons. The largest absolute Gasteiger partial charge is 0.370 e. The molecule has 2 atom stereocenters. The van der Waals surface area contributed by atoms with Crippen molar-refractivity contribution in [2.24, 2.45) is 0 Å². The third kappa shape index (κ3) is 5.23.